The maximum absolute atomic E-state index is 2.43. The minimum Gasteiger partial charge on any atom is -0.0876 e. The van der Waals surface area contributed by atoms with Gasteiger partial charge < -0.3 is 0 Å². The average Bonchev–Trinajstić information content (AvgIpc) is 2.03. The van der Waals surface area contributed by atoms with E-state index in [0.717, 1.165) is 11.8 Å². The Hall–Kier alpha value is -0.520. The van der Waals surface area contributed by atoms with Crippen molar-refractivity contribution in [2.24, 2.45) is 11.8 Å². The highest BCUT2D eigenvalue weighted by molar-refractivity contribution is 5.11. The third kappa shape index (κ3) is 2.00. The number of hydrogen-bond donors (Lipinski definition) is 0. The Morgan fingerprint density at radius 3 is 2.92 bits per heavy atom. The molecule has 65 valence electrons. The van der Waals surface area contributed by atoms with Gasteiger partial charge >= 0.3 is 0 Å². The molecule has 2 atom stereocenters. The zero-order chi connectivity index (χ0) is 8.23. The van der Waals surface area contributed by atoms with Crippen molar-refractivity contribution in [2.45, 2.75) is 32.1 Å². The lowest BCUT2D eigenvalue weighted by Crippen LogP contribution is -2.06. The number of hydrogen-bond acceptors (Lipinski definition) is 0. The van der Waals surface area contributed by atoms with Crippen LogP contribution in [0.3, 0.4) is 0 Å². The molecule has 0 nitrogen and oxygen atoms in total. The highest BCUT2D eigenvalue weighted by Crippen LogP contribution is 2.26. The number of allylic oxidation sites excluding steroid dienone is 4. The molecular weight excluding hydrogens is 144 g/mol. The maximum Gasteiger partial charge on any atom is -0.0102 e. The van der Waals surface area contributed by atoms with Crippen LogP contribution < -0.4 is 0 Å². The van der Waals surface area contributed by atoms with Gasteiger partial charge in [-0.15, -0.1) is 0 Å². The molecule has 0 aliphatic heterocycles. The fourth-order valence-corrected chi connectivity index (χ4v) is 2.11. The lowest BCUT2D eigenvalue weighted by atomic mass is 9.86. The van der Waals surface area contributed by atoms with E-state index in [1.54, 1.807) is 0 Å². The van der Waals surface area contributed by atoms with E-state index < -0.39 is 0 Å². The molecule has 0 N–H and O–H groups in total. The Balaban J connectivity index is 2.10. The smallest absolute Gasteiger partial charge is 0.0102 e. The molecule has 0 heterocycles. The summed E-state index contributed by atoms with van der Waals surface area (Å²) in [4.78, 5) is 0. The normalized spacial score (nSPS) is 40.7. The van der Waals surface area contributed by atoms with Crippen LogP contribution in [0.25, 0.3) is 0 Å². The van der Waals surface area contributed by atoms with Crippen molar-refractivity contribution in [1.29, 1.82) is 0 Å². The fraction of sp³-hybridized carbons (Fsp3) is 0.583. The minimum atomic E-state index is 0.726. The molecule has 0 aromatic rings. The molecule has 2 bridgehead atoms. The maximum atomic E-state index is 2.43. The summed E-state index contributed by atoms with van der Waals surface area (Å²) in [7, 11) is 0. The summed E-state index contributed by atoms with van der Waals surface area (Å²) in [6.45, 7) is 0. The predicted molar refractivity (Wildman–Crippen MR) is 52.6 cm³/mol. The largest absolute Gasteiger partial charge is 0.0876 e. The van der Waals surface area contributed by atoms with Gasteiger partial charge in [0.05, 0.1) is 0 Å². The second-order valence-corrected chi connectivity index (χ2v) is 3.95. The lowest BCUT2D eigenvalue weighted by molar-refractivity contribution is 0.489. The van der Waals surface area contributed by atoms with E-state index in [0.29, 0.717) is 0 Å². The number of fused-ring (bicyclic) bond motifs is 2. The molecule has 1 radical (unpaired) electrons. The second kappa shape index (κ2) is 3.93. The molecular formula is C12H17. The van der Waals surface area contributed by atoms with E-state index in [1.807, 2.05) is 0 Å². The molecule has 2 aliphatic carbocycles. The van der Waals surface area contributed by atoms with E-state index in [9.17, 15) is 0 Å². The molecule has 0 spiro atoms. The van der Waals surface area contributed by atoms with Gasteiger partial charge in [-0.05, 0) is 37.5 Å². The van der Waals surface area contributed by atoms with E-state index in [-0.39, 0.29) is 0 Å². The van der Waals surface area contributed by atoms with Gasteiger partial charge in [-0.2, -0.15) is 0 Å². The van der Waals surface area contributed by atoms with Crippen LogP contribution in [0.1, 0.15) is 32.1 Å². The molecule has 0 aromatic heterocycles. The van der Waals surface area contributed by atoms with Crippen molar-refractivity contribution in [3.05, 3.63) is 30.7 Å². The Morgan fingerprint density at radius 2 is 1.92 bits per heavy atom. The van der Waals surface area contributed by atoms with Gasteiger partial charge in [-0.25, -0.2) is 0 Å². The third-order valence-corrected chi connectivity index (χ3v) is 2.93. The minimum absolute atomic E-state index is 0.726. The first-order valence-corrected chi connectivity index (χ1v) is 5.13. The highest BCUT2D eigenvalue weighted by Gasteiger charge is 2.12. The summed E-state index contributed by atoms with van der Waals surface area (Å²) in [5.74, 6) is 1.56. The standard InChI is InChI=1S/C12H17/c1-2-6-12-8-4-3-7-11(5-1)9-10-12/h1-2,5,9-12H,3-4,6-8H2/b2-1-,10-9+. The van der Waals surface area contributed by atoms with Gasteiger partial charge in [0.1, 0.15) is 0 Å². The topological polar surface area (TPSA) is 0 Å². The van der Waals surface area contributed by atoms with Crippen molar-refractivity contribution >= 4 is 0 Å². The van der Waals surface area contributed by atoms with Crippen LogP contribution in [0.15, 0.2) is 24.3 Å². The molecule has 0 amide bonds. The van der Waals surface area contributed by atoms with E-state index >= 15 is 0 Å². The summed E-state index contributed by atoms with van der Waals surface area (Å²) in [5, 5.41) is 0. The van der Waals surface area contributed by atoms with Gasteiger partial charge in [0.15, 0.2) is 0 Å². The van der Waals surface area contributed by atoms with Crippen LogP contribution in [0.2, 0.25) is 0 Å². The van der Waals surface area contributed by atoms with Crippen molar-refractivity contribution in [1.82, 2.24) is 0 Å². The van der Waals surface area contributed by atoms with E-state index in [1.165, 1.54) is 32.1 Å². The van der Waals surface area contributed by atoms with Crippen molar-refractivity contribution in [3.63, 3.8) is 0 Å². The average molecular weight is 161 g/mol. The monoisotopic (exact) mass is 161 g/mol. The van der Waals surface area contributed by atoms with Gasteiger partial charge in [-0.1, -0.05) is 37.1 Å². The first-order valence-electron chi connectivity index (χ1n) is 5.13. The zero-order valence-corrected chi connectivity index (χ0v) is 7.58. The summed E-state index contributed by atoms with van der Waals surface area (Å²) in [5.41, 5.74) is 0. The van der Waals surface area contributed by atoms with Crippen LogP contribution in [-0.4, -0.2) is 0 Å². The molecule has 0 saturated heterocycles. The summed E-state index contributed by atoms with van der Waals surface area (Å²) < 4.78 is 0. The Bertz CT molecular complexity index is 168. The molecule has 12 heavy (non-hydrogen) atoms. The molecule has 0 heteroatoms. The Kier molecular flexibility index (Phi) is 2.65. The van der Waals surface area contributed by atoms with Crippen LogP contribution in [0, 0.1) is 18.3 Å². The second-order valence-electron chi connectivity index (χ2n) is 3.95. The SMILES string of the molecule is [CH]1/C=C\CC2/C=C/C1CCCC2. The predicted octanol–water partition coefficient (Wildman–Crippen LogP) is 3.51. The van der Waals surface area contributed by atoms with Gasteiger partial charge in [-0.3, -0.25) is 0 Å². The van der Waals surface area contributed by atoms with E-state index in [4.69, 9.17) is 0 Å². The Labute approximate surface area is 75.4 Å². The van der Waals surface area contributed by atoms with Gasteiger partial charge in [0.2, 0.25) is 0 Å². The highest BCUT2D eigenvalue weighted by atomic mass is 14.2. The number of rotatable bonds is 0. The molecule has 2 aliphatic rings. The van der Waals surface area contributed by atoms with Gasteiger partial charge in [0.25, 0.3) is 0 Å². The van der Waals surface area contributed by atoms with Crippen LogP contribution in [0.5, 0.6) is 0 Å². The summed E-state index contributed by atoms with van der Waals surface area (Å²) in [6.07, 6.45) is 18.6. The van der Waals surface area contributed by atoms with E-state index in [2.05, 4.69) is 30.7 Å². The Morgan fingerprint density at radius 1 is 1.00 bits per heavy atom. The molecule has 0 fully saturated rings. The first-order chi connectivity index (χ1) is 5.95. The van der Waals surface area contributed by atoms with Crippen LogP contribution in [-0.2, 0) is 0 Å². The third-order valence-electron chi connectivity index (χ3n) is 2.93. The van der Waals surface area contributed by atoms with Gasteiger partial charge in [0, 0.05) is 0 Å². The van der Waals surface area contributed by atoms with Crippen molar-refractivity contribution < 1.29 is 0 Å². The molecule has 0 saturated carbocycles. The summed E-state index contributed by atoms with van der Waals surface area (Å²) >= 11 is 0. The van der Waals surface area contributed by atoms with Crippen molar-refractivity contribution in [2.75, 3.05) is 0 Å². The quantitative estimate of drug-likeness (QED) is 0.477. The first kappa shape index (κ1) is 8.10. The summed E-state index contributed by atoms with van der Waals surface area (Å²) in [6, 6.07) is 0. The molecule has 2 unspecified atom stereocenters. The fourth-order valence-electron chi connectivity index (χ4n) is 2.11. The zero-order valence-electron chi connectivity index (χ0n) is 7.58. The lowest BCUT2D eigenvalue weighted by Gasteiger charge is -2.20. The molecule has 2 rings (SSSR count). The van der Waals surface area contributed by atoms with Crippen LogP contribution in [0.4, 0.5) is 0 Å². The van der Waals surface area contributed by atoms with Crippen molar-refractivity contribution in [3.8, 4) is 0 Å². The van der Waals surface area contributed by atoms with Crippen LogP contribution >= 0.6 is 0 Å². The molecule has 0 aromatic carbocycles.